The molecule has 0 unspecified atom stereocenters. The molecule has 2 rings (SSSR count). The number of benzene rings is 1. The Kier molecular flexibility index (Phi) is 5.35. The Morgan fingerprint density at radius 3 is 2.76 bits per heavy atom. The zero-order valence-electron chi connectivity index (χ0n) is 12.8. The number of likely N-dealkylation sites (tertiary alicyclic amines) is 1. The molecule has 1 N–H and O–H groups in total. The lowest BCUT2D eigenvalue weighted by molar-refractivity contribution is -0.136. The minimum atomic E-state index is -0.179. The molecule has 1 heterocycles. The van der Waals surface area contributed by atoms with Crippen molar-refractivity contribution in [1.82, 2.24) is 10.2 Å². The van der Waals surface area contributed by atoms with Gasteiger partial charge >= 0.3 is 0 Å². The summed E-state index contributed by atoms with van der Waals surface area (Å²) >= 11 is 0. The zero-order valence-corrected chi connectivity index (χ0v) is 12.8. The minimum Gasteiger partial charge on any atom is -0.339 e. The van der Waals surface area contributed by atoms with Crippen LogP contribution in [0.1, 0.15) is 44.2 Å². The smallest absolute Gasteiger partial charge is 0.239 e. The first-order chi connectivity index (χ1) is 10.1. The molecule has 4 nitrogen and oxygen atoms in total. The molecule has 1 aromatic carbocycles. The molecule has 0 aliphatic carbocycles. The molecule has 4 heteroatoms. The lowest BCUT2D eigenvalue weighted by Crippen LogP contribution is -2.50. The van der Waals surface area contributed by atoms with Gasteiger partial charge in [0, 0.05) is 19.1 Å². The van der Waals surface area contributed by atoms with Crippen LogP contribution in [0.5, 0.6) is 0 Å². The predicted octanol–water partition coefficient (Wildman–Crippen LogP) is 2.44. The third-order valence-electron chi connectivity index (χ3n) is 4.15. The standard InChI is InChI=1S/C17H23N3O/c1-13-5-3-4-10-20(13)17(21)14(2)19-12-16-8-6-15(11-18)7-9-16/h6-9,13-14,19H,3-5,10,12H2,1-2H3/t13-,14+/m0/s1. The first-order valence-corrected chi connectivity index (χ1v) is 7.64. The second-order valence-electron chi connectivity index (χ2n) is 5.79. The van der Waals surface area contributed by atoms with Crippen molar-refractivity contribution in [2.24, 2.45) is 0 Å². The zero-order chi connectivity index (χ0) is 15.2. The van der Waals surface area contributed by atoms with Crippen molar-refractivity contribution >= 4 is 5.91 Å². The van der Waals surface area contributed by atoms with E-state index in [0.717, 1.165) is 24.9 Å². The number of carbonyl (C=O) groups is 1. The highest BCUT2D eigenvalue weighted by atomic mass is 16.2. The summed E-state index contributed by atoms with van der Waals surface area (Å²) in [6, 6.07) is 9.73. The summed E-state index contributed by atoms with van der Waals surface area (Å²) in [5.74, 6) is 0.191. The molecule has 1 aliphatic heterocycles. The Bertz CT molecular complexity index is 518. The molecule has 0 saturated carbocycles. The second-order valence-corrected chi connectivity index (χ2v) is 5.79. The van der Waals surface area contributed by atoms with Gasteiger partial charge in [0.1, 0.15) is 0 Å². The third kappa shape index (κ3) is 4.05. The van der Waals surface area contributed by atoms with E-state index in [1.165, 1.54) is 6.42 Å². The highest BCUT2D eigenvalue weighted by Crippen LogP contribution is 2.17. The highest BCUT2D eigenvalue weighted by Gasteiger charge is 2.26. The summed E-state index contributed by atoms with van der Waals surface area (Å²) in [5.41, 5.74) is 1.74. The molecule has 0 spiro atoms. The van der Waals surface area contributed by atoms with Gasteiger partial charge in [0.15, 0.2) is 0 Å². The summed E-state index contributed by atoms with van der Waals surface area (Å²) < 4.78 is 0. The number of nitriles is 1. The van der Waals surface area contributed by atoms with Crippen molar-refractivity contribution in [3.8, 4) is 6.07 Å². The van der Waals surface area contributed by atoms with Crippen molar-refractivity contribution in [3.05, 3.63) is 35.4 Å². The van der Waals surface area contributed by atoms with Gasteiger partial charge in [-0.3, -0.25) is 4.79 Å². The van der Waals surface area contributed by atoms with E-state index in [4.69, 9.17) is 5.26 Å². The lowest BCUT2D eigenvalue weighted by Gasteiger charge is -2.35. The Labute approximate surface area is 126 Å². The summed E-state index contributed by atoms with van der Waals surface area (Å²) in [7, 11) is 0. The number of nitrogens with one attached hydrogen (secondary N) is 1. The molecule has 1 aliphatic rings. The molecular formula is C17H23N3O. The molecule has 1 saturated heterocycles. The van der Waals surface area contributed by atoms with E-state index < -0.39 is 0 Å². The average molecular weight is 285 g/mol. The summed E-state index contributed by atoms with van der Waals surface area (Å²) in [6.45, 7) is 5.57. The highest BCUT2D eigenvalue weighted by molar-refractivity contribution is 5.81. The average Bonchev–Trinajstić information content (AvgIpc) is 2.53. The maximum absolute atomic E-state index is 12.5. The van der Waals surface area contributed by atoms with Gasteiger partial charge in [-0.05, 0) is 50.8 Å². The second kappa shape index (κ2) is 7.24. The first-order valence-electron chi connectivity index (χ1n) is 7.64. The SMILES string of the molecule is C[C@@H](NCc1ccc(C#N)cc1)C(=O)N1CCCC[C@@H]1C. The van der Waals surface area contributed by atoms with E-state index in [0.29, 0.717) is 18.2 Å². The van der Waals surface area contributed by atoms with Crippen molar-refractivity contribution in [2.75, 3.05) is 6.54 Å². The van der Waals surface area contributed by atoms with E-state index >= 15 is 0 Å². The van der Waals surface area contributed by atoms with E-state index in [2.05, 4.69) is 18.3 Å². The van der Waals surface area contributed by atoms with E-state index in [1.807, 2.05) is 24.0 Å². The van der Waals surface area contributed by atoms with Crippen LogP contribution in [-0.2, 0) is 11.3 Å². The monoisotopic (exact) mass is 285 g/mol. The van der Waals surface area contributed by atoms with Crippen LogP contribution in [-0.4, -0.2) is 29.4 Å². The number of hydrogen-bond donors (Lipinski definition) is 1. The van der Waals surface area contributed by atoms with E-state index in [1.54, 1.807) is 12.1 Å². The first kappa shape index (κ1) is 15.5. The largest absolute Gasteiger partial charge is 0.339 e. The fourth-order valence-corrected chi connectivity index (χ4v) is 2.73. The maximum Gasteiger partial charge on any atom is 0.239 e. The van der Waals surface area contributed by atoms with E-state index in [9.17, 15) is 4.79 Å². The predicted molar refractivity (Wildman–Crippen MR) is 82.5 cm³/mol. The van der Waals surface area contributed by atoms with Crippen molar-refractivity contribution in [1.29, 1.82) is 5.26 Å². The number of amides is 1. The fraction of sp³-hybridized carbons (Fsp3) is 0.529. The Morgan fingerprint density at radius 1 is 1.43 bits per heavy atom. The van der Waals surface area contributed by atoms with E-state index in [-0.39, 0.29) is 11.9 Å². The summed E-state index contributed by atoms with van der Waals surface area (Å²) in [4.78, 5) is 14.5. The fourth-order valence-electron chi connectivity index (χ4n) is 2.73. The van der Waals surface area contributed by atoms with Gasteiger partial charge in [-0.1, -0.05) is 12.1 Å². The molecule has 112 valence electrons. The van der Waals surface area contributed by atoms with Crippen molar-refractivity contribution in [2.45, 2.75) is 51.7 Å². The van der Waals surface area contributed by atoms with Crippen LogP contribution < -0.4 is 5.32 Å². The molecule has 0 bridgehead atoms. The quantitative estimate of drug-likeness (QED) is 0.924. The lowest BCUT2D eigenvalue weighted by atomic mass is 10.0. The van der Waals surface area contributed by atoms with Gasteiger partial charge in [-0.2, -0.15) is 5.26 Å². The molecular weight excluding hydrogens is 262 g/mol. The van der Waals surface area contributed by atoms with Crippen molar-refractivity contribution < 1.29 is 4.79 Å². The topological polar surface area (TPSA) is 56.1 Å². The molecule has 1 aromatic rings. The molecule has 0 radical (unpaired) electrons. The third-order valence-corrected chi connectivity index (χ3v) is 4.15. The number of hydrogen-bond acceptors (Lipinski definition) is 3. The van der Waals surface area contributed by atoms with Gasteiger partial charge in [0.2, 0.25) is 5.91 Å². The van der Waals surface area contributed by atoms with Crippen LogP contribution in [0.25, 0.3) is 0 Å². The number of carbonyl (C=O) groups excluding carboxylic acids is 1. The molecule has 0 aromatic heterocycles. The van der Waals surface area contributed by atoms with Crippen LogP contribution in [0.15, 0.2) is 24.3 Å². The summed E-state index contributed by atoms with van der Waals surface area (Å²) in [6.07, 6.45) is 3.44. The molecule has 1 fully saturated rings. The Balaban J connectivity index is 1.87. The van der Waals surface area contributed by atoms with Gasteiger partial charge in [-0.15, -0.1) is 0 Å². The number of piperidine rings is 1. The molecule has 2 atom stereocenters. The van der Waals surface area contributed by atoms with Gasteiger partial charge in [0.25, 0.3) is 0 Å². The van der Waals surface area contributed by atoms with Gasteiger partial charge in [-0.25, -0.2) is 0 Å². The molecule has 21 heavy (non-hydrogen) atoms. The van der Waals surface area contributed by atoms with Crippen LogP contribution in [0, 0.1) is 11.3 Å². The van der Waals surface area contributed by atoms with Crippen LogP contribution in [0.4, 0.5) is 0 Å². The van der Waals surface area contributed by atoms with Crippen LogP contribution in [0.3, 0.4) is 0 Å². The maximum atomic E-state index is 12.5. The van der Waals surface area contributed by atoms with Crippen molar-refractivity contribution in [3.63, 3.8) is 0 Å². The summed E-state index contributed by atoms with van der Waals surface area (Å²) in [5, 5.41) is 12.1. The number of rotatable bonds is 4. The Hall–Kier alpha value is -1.86. The number of nitrogens with zero attached hydrogens (tertiary/aromatic N) is 2. The van der Waals surface area contributed by atoms with Gasteiger partial charge in [0.05, 0.1) is 17.7 Å². The molecule has 1 amide bonds. The minimum absolute atomic E-state index is 0.179. The normalized spacial score (nSPS) is 19.9. The Morgan fingerprint density at radius 2 is 2.14 bits per heavy atom. The van der Waals surface area contributed by atoms with Crippen LogP contribution >= 0.6 is 0 Å². The van der Waals surface area contributed by atoms with Crippen LogP contribution in [0.2, 0.25) is 0 Å². The van der Waals surface area contributed by atoms with Gasteiger partial charge < -0.3 is 10.2 Å².